The molecule has 0 saturated heterocycles. The minimum absolute atomic E-state index is 0.266. The second kappa shape index (κ2) is 7.32. The molecule has 0 aliphatic heterocycles. The van der Waals surface area contributed by atoms with Gasteiger partial charge in [-0.2, -0.15) is 5.10 Å². The highest BCUT2D eigenvalue weighted by atomic mass is 32.2. The molecule has 146 valence electrons. The smallest absolute Gasteiger partial charge is 0.123 e. The second-order valence-corrected chi connectivity index (χ2v) is 8.66. The highest BCUT2D eigenvalue weighted by Crippen LogP contribution is 2.48. The van der Waals surface area contributed by atoms with E-state index in [0.717, 1.165) is 39.9 Å². The normalized spacial score (nSPS) is 16.1. The number of benzene rings is 3. The Morgan fingerprint density at radius 3 is 2.52 bits per heavy atom. The average Bonchev–Trinajstić information content (AvgIpc) is 3.53. The van der Waals surface area contributed by atoms with Crippen molar-refractivity contribution < 1.29 is 9.50 Å². The molecule has 4 aromatic rings. The van der Waals surface area contributed by atoms with Crippen molar-refractivity contribution in [2.75, 3.05) is 5.75 Å². The van der Waals surface area contributed by atoms with Gasteiger partial charge >= 0.3 is 0 Å². The van der Waals surface area contributed by atoms with Crippen LogP contribution in [-0.2, 0) is 5.60 Å². The number of hydrogen-bond donors (Lipinski definition) is 1. The van der Waals surface area contributed by atoms with Crippen LogP contribution < -0.4 is 0 Å². The van der Waals surface area contributed by atoms with Crippen molar-refractivity contribution >= 4 is 22.7 Å². The van der Waals surface area contributed by atoms with E-state index in [0.29, 0.717) is 11.7 Å². The molecule has 1 aliphatic carbocycles. The number of aromatic nitrogens is 2. The number of rotatable bonds is 6. The first-order chi connectivity index (χ1) is 14.1. The van der Waals surface area contributed by atoms with Gasteiger partial charge in [0.05, 0.1) is 17.4 Å². The maximum Gasteiger partial charge on any atom is 0.123 e. The highest BCUT2D eigenvalue weighted by molar-refractivity contribution is 7.99. The molecule has 5 heteroatoms. The minimum atomic E-state index is -0.854. The number of halogens is 1. The van der Waals surface area contributed by atoms with E-state index in [1.54, 1.807) is 34.8 Å². The summed E-state index contributed by atoms with van der Waals surface area (Å²) in [6.45, 7) is 0. The van der Waals surface area contributed by atoms with E-state index >= 15 is 0 Å². The molecule has 1 atom stereocenters. The lowest BCUT2D eigenvalue weighted by Crippen LogP contribution is -2.31. The first kappa shape index (κ1) is 18.4. The molecule has 1 N–H and O–H groups in total. The third kappa shape index (κ3) is 3.56. The van der Waals surface area contributed by atoms with Crippen molar-refractivity contribution in [1.29, 1.82) is 0 Å². The molecule has 1 aliphatic rings. The zero-order chi connectivity index (χ0) is 19.8. The molecule has 1 unspecified atom stereocenters. The molecule has 3 nitrogen and oxygen atoms in total. The summed E-state index contributed by atoms with van der Waals surface area (Å²) in [6.07, 6.45) is 3.91. The fraction of sp³-hybridized carbons (Fsp3) is 0.208. The largest absolute Gasteiger partial charge is 0.384 e. The van der Waals surface area contributed by atoms with Gasteiger partial charge in [-0.3, -0.25) is 0 Å². The van der Waals surface area contributed by atoms with Crippen LogP contribution in [0.15, 0.2) is 83.9 Å². The van der Waals surface area contributed by atoms with E-state index in [9.17, 15) is 9.50 Å². The van der Waals surface area contributed by atoms with Gasteiger partial charge in [0.1, 0.15) is 11.4 Å². The Bertz CT molecular complexity index is 1140. The van der Waals surface area contributed by atoms with Crippen LogP contribution in [0.3, 0.4) is 0 Å². The van der Waals surface area contributed by atoms with Crippen LogP contribution in [0.2, 0.25) is 0 Å². The standard InChI is InChI=1S/C24H21FN2OS/c25-20-9-11-21(12-10-20)27-23-13-8-19(14-17(23)15-26-27)24(28,18-6-7-18)16-29-22-4-2-1-3-5-22/h1-5,8-15,18,28H,6-7,16H2. The lowest BCUT2D eigenvalue weighted by Gasteiger charge is -2.28. The van der Waals surface area contributed by atoms with Crippen LogP contribution in [0.4, 0.5) is 4.39 Å². The summed E-state index contributed by atoms with van der Waals surface area (Å²) in [6, 6.07) is 22.6. The third-order valence-corrected chi connectivity index (χ3v) is 6.78. The summed E-state index contributed by atoms with van der Waals surface area (Å²) in [4.78, 5) is 1.16. The van der Waals surface area contributed by atoms with E-state index < -0.39 is 5.60 Å². The maximum atomic E-state index is 13.2. The number of nitrogens with zero attached hydrogens (tertiary/aromatic N) is 2. The van der Waals surface area contributed by atoms with Crippen molar-refractivity contribution in [2.24, 2.45) is 5.92 Å². The van der Waals surface area contributed by atoms with E-state index in [1.807, 2.05) is 36.4 Å². The minimum Gasteiger partial charge on any atom is -0.384 e. The Kier molecular flexibility index (Phi) is 4.64. The molecule has 5 rings (SSSR count). The predicted molar refractivity (Wildman–Crippen MR) is 115 cm³/mol. The monoisotopic (exact) mass is 404 g/mol. The van der Waals surface area contributed by atoms with Crippen molar-refractivity contribution in [2.45, 2.75) is 23.3 Å². The number of hydrogen-bond acceptors (Lipinski definition) is 3. The predicted octanol–water partition coefficient (Wildman–Crippen LogP) is 5.55. The van der Waals surface area contributed by atoms with Crippen molar-refractivity contribution in [3.05, 3.63) is 90.4 Å². The van der Waals surface area contributed by atoms with E-state index in [-0.39, 0.29) is 5.82 Å². The molecule has 1 fully saturated rings. The Labute approximate surface area is 173 Å². The fourth-order valence-corrected chi connectivity index (χ4v) is 4.94. The SMILES string of the molecule is OC(CSc1ccccc1)(c1ccc2c(cnn2-c2ccc(F)cc2)c1)C1CC1. The van der Waals surface area contributed by atoms with Gasteiger partial charge in [0, 0.05) is 16.0 Å². The summed E-state index contributed by atoms with van der Waals surface area (Å²) < 4.78 is 15.0. The number of aliphatic hydroxyl groups is 1. The van der Waals surface area contributed by atoms with Gasteiger partial charge in [0.15, 0.2) is 0 Å². The topological polar surface area (TPSA) is 38.1 Å². The molecule has 1 heterocycles. The Morgan fingerprint density at radius 1 is 1.03 bits per heavy atom. The zero-order valence-electron chi connectivity index (χ0n) is 15.8. The molecule has 1 aromatic heterocycles. The lowest BCUT2D eigenvalue weighted by molar-refractivity contribution is 0.0385. The van der Waals surface area contributed by atoms with Gasteiger partial charge in [-0.05, 0) is 72.9 Å². The van der Waals surface area contributed by atoms with Gasteiger partial charge in [-0.25, -0.2) is 9.07 Å². The fourth-order valence-electron chi connectivity index (χ4n) is 3.80. The van der Waals surface area contributed by atoms with Crippen LogP contribution in [0.5, 0.6) is 0 Å². The van der Waals surface area contributed by atoms with Crippen molar-refractivity contribution in [3.8, 4) is 5.69 Å². The number of fused-ring (bicyclic) bond motifs is 1. The van der Waals surface area contributed by atoms with E-state index in [2.05, 4.69) is 17.2 Å². The molecule has 0 spiro atoms. The summed E-state index contributed by atoms with van der Waals surface area (Å²) >= 11 is 1.69. The van der Waals surface area contributed by atoms with Gasteiger partial charge < -0.3 is 5.11 Å². The molecule has 0 bridgehead atoms. The third-order valence-electron chi connectivity index (χ3n) is 5.59. The van der Waals surface area contributed by atoms with Gasteiger partial charge in [-0.15, -0.1) is 11.8 Å². The molecule has 29 heavy (non-hydrogen) atoms. The van der Waals surface area contributed by atoms with Crippen LogP contribution in [0.1, 0.15) is 18.4 Å². The van der Waals surface area contributed by atoms with E-state index in [1.165, 1.54) is 12.1 Å². The summed E-state index contributed by atoms with van der Waals surface area (Å²) in [7, 11) is 0. The highest BCUT2D eigenvalue weighted by Gasteiger charge is 2.45. The lowest BCUT2D eigenvalue weighted by atomic mass is 9.90. The summed E-state index contributed by atoms with van der Waals surface area (Å²) in [5.41, 5.74) is 1.84. The second-order valence-electron chi connectivity index (χ2n) is 7.61. The van der Waals surface area contributed by atoms with E-state index in [4.69, 9.17) is 0 Å². The van der Waals surface area contributed by atoms with Gasteiger partial charge in [0.25, 0.3) is 0 Å². The van der Waals surface area contributed by atoms with Crippen molar-refractivity contribution in [3.63, 3.8) is 0 Å². The molecule has 0 amide bonds. The van der Waals surface area contributed by atoms with Crippen LogP contribution in [-0.4, -0.2) is 20.6 Å². The Morgan fingerprint density at radius 2 is 1.79 bits per heavy atom. The Hall–Kier alpha value is -2.63. The summed E-state index contributed by atoms with van der Waals surface area (Å²) in [5, 5.41) is 17.1. The quantitative estimate of drug-likeness (QED) is 0.428. The molecule has 3 aromatic carbocycles. The maximum absolute atomic E-state index is 13.2. The van der Waals surface area contributed by atoms with Crippen LogP contribution >= 0.6 is 11.8 Å². The first-order valence-corrected chi connectivity index (χ1v) is 10.8. The van der Waals surface area contributed by atoms with Crippen molar-refractivity contribution in [1.82, 2.24) is 9.78 Å². The first-order valence-electron chi connectivity index (χ1n) is 9.78. The Balaban J connectivity index is 1.47. The number of thioether (sulfide) groups is 1. The van der Waals surface area contributed by atoms with Crippen LogP contribution in [0, 0.1) is 11.7 Å². The van der Waals surface area contributed by atoms with Gasteiger partial charge in [0.2, 0.25) is 0 Å². The van der Waals surface area contributed by atoms with Gasteiger partial charge in [-0.1, -0.05) is 24.3 Å². The molecular formula is C24H21FN2OS. The molecule has 1 saturated carbocycles. The zero-order valence-corrected chi connectivity index (χ0v) is 16.6. The molecular weight excluding hydrogens is 383 g/mol. The van der Waals surface area contributed by atoms with Crippen LogP contribution in [0.25, 0.3) is 16.6 Å². The molecule has 0 radical (unpaired) electrons. The average molecular weight is 405 g/mol. The summed E-state index contributed by atoms with van der Waals surface area (Å²) in [5.74, 6) is 0.653.